The fraction of sp³-hybridized carbons (Fsp3) is 0.280. The number of H-pyrrole nitrogens is 1. The molecule has 8 heteroatoms. The summed E-state index contributed by atoms with van der Waals surface area (Å²) >= 11 is 0. The molecule has 1 aliphatic rings. The molecular formula is C25H26N6O2. The molecule has 168 valence electrons. The van der Waals surface area contributed by atoms with Crippen LogP contribution in [0.1, 0.15) is 47.3 Å². The number of aromatic amines is 1. The molecule has 1 aromatic carbocycles. The minimum atomic E-state index is -0.232. The van der Waals surface area contributed by atoms with Crippen LogP contribution in [0.15, 0.2) is 42.7 Å². The van der Waals surface area contributed by atoms with Gasteiger partial charge in [-0.15, -0.1) is 0 Å². The highest BCUT2D eigenvalue weighted by Gasteiger charge is 2.29. The SMILES string of the molecule is CNc1cc2ncc(-c3cc(NC(=O)c4n[nH]c5c4C[C@H](C)O[C@@H]5C)ccc3C)cc2cn1. The highest BCUT2D eigenvalue weighted by molar-refractivity contribution is 6.04. The minimum Gasteiger partial charge on any atom is -0.373 e. The highest BCUT2D eigenvalue weighted by Crippen LogP contribution is 2.32. The van der Waals surface area contributed by atoms with Crippen LogP contribution in [0.5, 0.6) is 0 Å². The maximum Gasteiger partial charge on any atom is 0.276 e. The van der Waals surface area contributed by atoms with E-state index in [0.717, 1.165) is 44.7 Å². The van der Waals surface area contributed by atoms with E-state index in [1.807, 2.05) is 64.5 Å². The van der Waals surface area contributed by atoms with Gasteiger partial charge in [-0.25, -0.2) is 4.98 Å². The second-order valence-corrected chi connectivity index (χ2v) is 8.48. The van der Waals surface area contributed by atoms with Crippen LogP contribution in [0, 0.1) is 6.92 Å². The standard InChI is InChI=1S/C25H26N6O2/c1-13-5-6-18(29-25(32)24-20-7-14(2)33-15(3)23(20)30-31-24)9-19(13)16-8-17-12-28-22(26-4)10-21(17)27-11-16/h5-6,8-12,14-15H,7H2,1-4H3,(H,26,28)(H,29,32)(H,30,31)/t14-,15+/m0/s1. The number of ether oxygens (including phenoxy) is 1. The summed E-state index contributed by atoms with van der Waals surface area (Å²) < 4.78 is 5.83. The van der Waals surface area contributed by atoms with Gasteiger partial charge in [0.2, 0.25) is 0 Å². The summed E-state index contributed by atoms with van der Waals surface area (Å²) in [5.74, 6) is 0.545. The molecule has 33 heavy (non-hydrogen) atoms. The molecule has 0 saturated carbocycles. The first-order chi connectivity index (χ1) is 15.9. The van der Waals surface area contributed by atoms with E-state index in [1.54, 1.807) is 0 Å². The van der Waals surface area contributed by atoms with Crippen molar-refractivity contribution in [2.24, 2.45) is 0 Å². The highest BCUT2D eigenvalue weighted by atomic mass is 16.5. The van der Waals surface area contributed by atoms with Crippen LogP contribution in [0.25, 0.3) is 22.0 Å². The van der Waals surface area contributed by atoms with Crippen LogP contribution in [0.3, 0.4) is 0 Å². The Bertz CT molecular complexity index is 1360. The van der Waals surface area contributed by atoms with Gasteiger partial charge in [0.1, 0.15) is 5.82 Å². The quantitative estimate of drug-likeness (QED) is 0.425. The number of aromatic nitrogens is 4. The molecular weight excluding hydrogens is 416 g/mol. The van der Waals surface area contributed by atoms with Gasteiger partial charge in [0.05, 0.1) is 23.4 Å². The number of carbonyl (C=O) groups excluding carboxylic acids is 1. The monoisotopic (exact) mass is 442 g/mol. The summed E-state index contributed by atoms with van der Waals surface area (Å²) in [7, 11) is 1.83. The largest absolute Gasteiger partial charge is 0.373 e. The molecule has 2 atom stereocenters. The van der Waals surface area contributed by atoms with Crippen molar-refractivity contribution < 1.29 is 9.53 Å². The molecule has 5 rings (SSSR count). The average molecular weight is 443 g/mol. The molecule has 0 radical (unpaired) electrons. The van der Waals surface area contributed by atoms with Crippen molar-refractivity contribution in [3.8, 4) is 11.1 Å². The maximum absolute atomic E-state index is 13.1. The zero-order chi connectivity index (χ0) is 23.1. The molecule has 0 saturated heterocycles. The molecule has 3 aromatic heterocycles. The topological polar surface area (TPSA) is 105 Å². The van der Waals surface area contributed by atoms with Crippen molar-refractivity contribution in [1.29, 1.82) is 0 Å². The van der Waals surface area contributed by atoms with Crippen molar-refractivity contribution in [3.05, 3.63) is 65.2 Å². The molecule has 0 fully saturated rings. The number of nitrogens with one attached hydrogen (secondary N) is 3. The Morgan fingerprint density at radius 3 is 2.82 bits per heavy atom. The molecule has 0 unspecified atom stereocenters. The van der Waals surface area contributed by atoms with Gasteiger partial charge in [-0.3, -0.25) is 14.9 Å². The fourth-order valence-corrected chi connectivity index (χ4v) is 4.37. The second kappa shape index (κ2) is 8.29. The molecule has 0 aliphatic carbocycles. The van der Waals surface area contributed by atoms with E-state index in [2.05, 4.69) is 36.9 Å². The van der Waals surface area contributed by atoms with Crippen molar-refractivity contribution >= 4 is 28.3 Å². The fourth-order valence-electron chi connectivity index (χ4n) is 4.37. The number of fused-ring (bicyclic) bond motifs is 2. The van der Waals surface area contributed by atoms with E-state index in [4.69, 9.17) is 4.74 Å². The number of pyridine rings is 2. The Labute approximate surface area is 191 Å². The smallest absolute Gasteiger partial charge is 0.276 e. The van der Waals surface area contributed by atoms with Gasteiger partial charge in [0, 0.05) is 54.1 Å². The number of hydrogen-bond acceptors (Lipinski definition) is 6. The van der Waals surface area contributed by atoms with Gasteiger partial charge in [-0.1, -0.05) is 6.07 Å². The van der Waals surface area contributed by atoms with Crippen molar-refractivity contribution in [2.75, 3.05) is 17.7 Å². The van der Waals surface area contributed by atoms with E-state index in [9.17, 15) is 4.79 Å². The number of amides is 1. The third kappa shape index (κ3) is 3.93. The number of anilines is 2. The zero-order valence-electron chi connectivity index (χ0n) is 19.1. The average Bonchev–Trinajstić information content (AvgIpc) is 3.24. The Balaban J connectivity index is 1.44. The van der Waals surface area contributed by atoms with Gasteiger partial charge in [-0.2, -0.15) is 5.10 Å². The predicted molar refractivity (Wildman–Crippen MR) is 128 cm³/mol. The molecule has 1 aliphatic heterocycles. The lowest BCUT2D eigenvalue weighted by Gasteiger charge is -2.25. The third-order valence-corrected chi connectivity index (χ3v) is 6.08. The molecule has 0 spiro atoms. The Morgan fingerprint density at radius 1 is 1.15 bits per heavy atom. The van der Waals surface area contributed by atoms with Crippen LogP contribution < -0.4 is 10.6 Å². The lowest BCUT2D eigenvalue weighted by molar-refractivity contribution is -0.00695. The number of aryl methyl sites for hydroxylation is 1. The van der Waals surface area contributed by atoms with Gasteiger partial charge in [-0.05, 0) is 50.1 Å². The van der Waals surface area contributed by atoms with Gasteiger partial charge < -0.3 is 15.4 Å². The van der Waals surface area contributed by atoms with E-state index in [-0.39, 0.29) is 18.1 Å². The Hall–Kier alpha value is -3.78. The van der Waals surface area contributed by atoms with Crippen molar-refractivity contribution in [3.63, 3.8) is 0 Å². The molecule has 4 heterocycles. The Morgan fingerprint density at radius 2 is 2.00 bits per heavy atom. The van der Waals surface area contributed by atoms with Gasteiger partial charge in [0.25, 0.3) is 5.91 Å². The summed E-state index contributed by atoms with van der Waals surface area (Å²) in [6, 6.07) is 9.85. The van der Waals surface area contributed by atoms with E-state index in [1.165, 1.54) is 0 Å². The van der Waals surface area contributed by atoms with Crippen LogP contribution in [0.2, 0.25) is 0 Å². The number of benzene rings is 1. The van der Waals surface area contributed by atoms with Crippen LogP contribution >= 0.6 is 0 Å². The third-order valence-electron chi connectivity index (χ3n) is 6.08. The van der Waals surface area contributed by atoms with Crippen molar-refractivity contribution in [1.82, 2.24) is 20.2 Å². The van der Waals surface area contributed by atoms with Crippen LogP contribution in [0.4, 0.5) is 11.5 Å². The van der Waals surface area contributed by atoms with Crippen molar-refractivity contribution in [2.45, 2.75) is 39.4 Å². The lowest BCUT2D eigenvalue weighted by atomic mass is 9.99. The summed E-state index contributed by atoms with van der Waals surface area (Å²) in [6.07, 6.45) is 4.25. The number of hydrogen-bond donors (Lipinski definition) is 3. The first kappa shape index (κ1) is 21.1. The van der Waals surface area contributed by atoms with Gasteiger partial charge >= 0.3 is 0 Å². The van der Waals surface area contributed by atoms with E-state index < -0.39 is 0 Å². The zero-order valence-corrected chi connectivity index (χ0v) is 19.1. The molecule has 3 N–H and O–H groups in total. The number of carbonyl (C=O) groups is 1. The molecule has 0 bridgehead atoms. The number of rotatable bonds is 4. The minimum absolute atomic E-state index is 0.0432. The first-order valence-electron chi connectivity index (χ1n) is 11.0. The Kier molecular flexibility index (Phi) is 5.30. The molecule has 1 amide bonds. The predicted octanol–water partition coefficient (Wildman–Crippen LogP) is 4.64. The number of nitrogens with zero attached hydrogens (tertiary/aromatic N) is 3. The summed E-state index contributed by atoms with van der Waals surface area (Å²) in [5, 5.41) is 14.3. The van der Waals surface area contributed by atoms with Crippen LogP contribution in [-0.4, -0.2) is 39.2 Å². The summed E-state index contributed by atoms with van der Waals surface area (Å²) in [4.78, 5) is 22.1. The van der Waals surface area contributed by atoms with E-state index >= 15 is 0 Å². The normalized spacial score (nSPS) is 17.6. The summed E-state index contributed by atoms with van der Waals surface area (Å²) in [6.45, 7) is 6.01. The lowest BCUT2D eigenvalue weighted by Crippen LogP contribution is -2.24. The summed E-state index contributed by atoms with van der Waals surface area (Å²) in [5.41, 5.74) is 6.86. The first-order valence-corrected chi connectivity index (χ1v) is 11.0. The van der Waals surface area contributed by atoms with Gasteiger partial charge in [0.15, 0.2) is 5.69 Å². The second-order valence-electron chi connectivity index (χ2n) is 8.48. The van der Waals surface area contributed by atoms with E-state index in [0.29, 0.717) is 17.8 Å². The maximum atomic E-state index is 13.1. The molecule has 4 aromatic rings. The van der Waals surface area contributed by atoms with Crippen LogP contribution in [-0.2, 0) is 11.2 Å². The molecule has 8 nitrogen and oxygen atoms in total.